The Labute approximate surface area is 175 Å². The number of anilines is 1. The second kappa shape index (κ2) is 9.17. The average molecular weight is 397 g/mol. The van der Waals surface area contributed by atoms with Gasteiger partial charge in [-0.05, 0) is 60.9 Å². The van der Waals surface area contributed by atoms with E-state index in [2.05, 4.69) is 37.1 Å². The molecule has 0 saturated carbocycles. The van der Waals surface area contributed by atoms with Gasteiger partial charge in [-0.15, -0.1) is 0 Å². The zero-order valence-corrected chi connectivity index (χ0v) is 18.3. The fourth-order valence-electron chi connectivity index (χ4n) is 4.69. The van der Waals surface area contributed by atoms with Gasteiger partial charge in [-0.2, -0.15) is 0 Å². The molecule has 4 heteroatoms. The number of hydrogen-bond acceptors (Lipinski definition) is 3. The molecule has 1 N–H and O–H groups in total. The molecule has 0 aromatic heterocycles. The first-order chi connectivity index (χ1) is 13.8. The van der Waals surface area contributed by atoms with Crippen molar-refractivity contribution in [3.63, 3.8) is 0 Å². The minimum Gasteiger partial charge on any atom is -0.478 e. The molecule has 29 heavy (non-hydrogen) atoms. The van der Waals surface area contributed by atoms with Crippen molar-refractivity contribution in [2.75, 3.05) is 37.6 Å². The molecular weight excluding hydrogens is 360 g/mol. The maximum atomic E-state index is 11.1. The van der Waals surface area contributed by atoms with Crippen molar-refractivity contribution in [1.29, 1.82) is 0 Å². The van der Waals surface area contributed by atoms with Crippen molar-refractivity contribution >= 4 is 11.7 Å². The largest absolute Gasteiger partial charge is 0.478 e. The molecule has 0 unspecified atom stereocenters. The average Bonchev–Trinajstić information content (AvgIpc) is 2.68. The molecule has 1 saturated heterocycles. The summed E-state index contributed by atoms with van der Waals surface area (Å²) in [5.41, 5.74) is 6.37. The highest BCUT2D eigenvalue weighted by molar-refractivity contribution is 5.88. The third kappa shape index (κ3) is 5.51. The highest BCUT2D eigenvalue weighted by Crippen LogP contribution is 2.41. The number of piperazine rings is 1. The summed E-state index contributed by atoms with van der Waals surface area (Å²) in [6.45, 7) is 16.5. The van der Waals surface area contributed by atoms with Crippen molar-refractivity contribution in [2.45, 2.75) is 52.9 Å². The lowest BCUT2D eigenvalue weighted by molar-refractivity contribution is 0.0697. The Hall–Kier alpha value is -2.07. The molecule has 1 aromatic rings. The monoisotopic (exact) mass is 396 g/mol. The molecule has 3 rings (SSSR count). The molecule has 0 amide bonds. The van der Waals surface area contributed by atoms with E-state index in [0.717, 1.165) is 44.8 Å². The normalized spacial score (nSPS) is 20.0. The number of allylic oxidation sites excluding steroid dienone is 2. The fraction of sp³-hybridized carbons (Fsp3) is 0.560. The van der Waals surface area contributed by atoms with Crippen LogP contribution in [-0.2, 0) is 0 Å². The van der Waals surface area contributed by atoms with Crippen LogP contribution >= 0.6 is 0 Å². The number of carboxylic acids is 1. The highest BCUT2D eigenvalue weighted by Gasteiger charge is 2.29. The van der Waals surface area contributed by atoms with Gasteiger partial charge < -0.3 is 10.0 Å². The van der Waals surface area contributed by atoms with Crippen LogP contribution in [0.1, 0.15) is 63.2 Å². The van der Waals surface area contributed by atoms with E-state index in [4.69, 9.17) is 5.11 Å². The van der Waals surface area contributed by atoms with Gasteiger partial charge in [0.25, 0.3) is 0 Å². The first-order valence-electron chi connectivity index (χ1n) is 11.0. The lowest BCUT2D eigenvalue weighted by Crippen LogP contribution is -2.47. The minimum absolute atomic E-state index is 0.346. The number of hydrogen-bond donors (Lipinski definition) is 1. The Morgan fingerprint density at radius 2 is 1.79 bits per heavy atom. The first kappa shape index (κ1) is 21.6. The van der Waals surface area contributed by atoms with E-state index in [9.17, 15) is 4.79 Å². The molecular formula is C25H36N2O2. The lowest BCUT2D eigenvalue weighted by atomic mass is 9.72. The molecule has 1 heterocycles. The predicted octanol–water partition coefficient (Wildman–Crippen LogP) is 5.37. The van der Waals surface area contributed by atoms with Crippen molar-refractivity contribution in [3.8, 4) is 0 Å². The van der Waals surface area contributed by atoms with E-state index in [-0.39, 0.29) is 0 Å². The minimum atomic E-state index is -0.870. The summed E-state index contributed by atoms with van der Waals surface area (Å²) >= 11 is 0. The first-order valence-corrected chi connectivity index (χ1v) is 11.0. The zero-order valence-electron chi connectivity index (χ0n) is 18.3. The van der Waals surface area contributed by atoms with Crippen LogP contribution in [0.5, 0.6) is 0 Å². The Bertz CT molecular complexity index is 769. The van der Waals surface area contributed by atoms with E-state index < -0.39 is 5.97 Å². The molecule has 2 aliphatic rings. The molecule has 0 spiro atoms. The van der Waals surface area contributed by atoms with Gasteiger partial charge in [-0.25, -0.2) is 4.79 Å². The van der Waals surface area contributed by atoms with Gasteiger partial charge in [0.05, 0.1) is 5.56 Å². The smallest absolute Gasteiger partial charge is 0.335 e. The van der Waals surface area contributed by atoms with E-state index >= 15 is 0 Å². The van der Waals surface area contributed by atoms with Crippen LogP contribution in [0.3, 0.4) is 0 Å². The summed E-state index contributed by atoms with van der Waals surface area (Å²) in [7, 11) is 0. The molecule has 0 radical (unpaired) electrons. The number of aromatic carboxylic acids is 1. The van der Waals surface area contributed by atoms with Gasteiger partial charge >= 0.3 is 5.97 Å². The SMILES string of the molecule is C=C(CCC)C1=C(CN2CCN(c3ccc(C(=O)O)cc3)CC2)CC(C)(C)CC1. The van der Waals surface area contributed by atoms with Crippen LogP contribution in [0, 0.1) is 5.41 Å². The van der Waals surface area contributed by atoms with Crippen LogP contribution in [0.25, 0.3) is 0 Å². The van der Waals surface area contributed by atoms with Crippen LogP contribution in [0.4, 0.5) is 5.69 Å². The van der Waals surface area contributed by atoms with Gasteiger partial charge in [0.2, 0.25) is 0 Å². The van der Waals surface area contributed by atoms with E-state index in [1.54, 1.807) is 23.3 Å². The molecule has 0 atom stereocenters. The molecule has 4 nitrogen and oxygen atoms in total. The molecule has 158 valence electrons. The second-order valence-corrected chi connectivity index (χ2v) is 9.39. The summed E-state index contributed by atoms with van der Waals surface area (Å²) in [5, 5.41) is 9.08. The fourth-order valence-corrected chi connectivity index (χ4v) is 4.69. The zero-order chi connectivity index (χ0) is 21.0. The molecule has 1 fully saturated rings. The van der Waals surface area contributed by atoms with Crippen LogP contribution in [0.15, 0.2) is 47.6 Å². The Balaban J connectivity index is 1.63. The van der Waals surface area contributed by atoms with Crippen LogP contribution in [-0.4, -0.2) is 48.7 Å². The highest BCUT2D eigenvalue weighted by atomic mass is 16.4. The molecule has 1 aliphatic heterocycles. The summed E-state index contributed by atoms with van der Waals surface area (Å²) < 4.78 is 0. The number of rotatable bonds is 7. The number of carboxylic acid groups (broad SMARTS) is 1. The number of nitrogens with zero attached hydrogens (tertiary/aromatic N) is 2. The van der Waals surface area contributed by atoms with Crippen LogP contribution in [0.2, 0.25) is 0 Å². The standard InChI is InChI=1S/C25H36N2O2/c1-5-6-19(2)23-11-12-25(3,4)17-21(23)18-26-13-15-27(16-14-26)22-9-7-20(8-10-22)24(28)29/h7-10H,2,5-6,11-18H2,1,3-4H3,(H,28,29). The Morgan fingerprint density at radius 1 is 1.14 bits per heavy atom. The lowest BCUT2D eigenvalue weighted by Gasteiger charge is -2.40. The number of benzene rings is 1. The van der Waals surface area contributed by atoms with Gasteiger partial charge in [0.15, 0.2) is 0 Å². The second-order valence-electron chi connectivity index (χ2n) is 9.39. The van der Waals surface area contributed by atoms with Gasteiger partial charge in [-0.3, -0.25) is 4.90 Å². The van der Waals surface area contributed by atoms with E-state index in [1.807, 2.05) is 12.1 Å². The van der Waals surface area contributed by atoms with Crippen molar-refractivity contribution in [2.24, 2.45) is 5.41 Å². The summed E-state index contributed by atoms with van der Waals surface area (Å²) in [5.74, 6) is -0.870. The Kier molecular flexibility index (Phi) is 6.84. The molecule has 1 aliphatic carbocycles. The van der Waals surface area contributed by atoms with Crippen LogP contribution < -0.4 is 4.90 Å². The van der Waals surface area contributed by atoms with Gasteiger partial charge in [0.1, 0.15) is 0 Å². The van der Waals surface area contributed by atoms with Crippen molar-refractivity contribution in [1.82, 2.24) is 4.90 Å². The number of carbonyl (C=O) groups is 1. The quantitative estimate of drug-likeness (QED) is 0.673. The molecule has 1 aromatic carbocycles. The predicted molar refractivity (Wildman–Crippen MR) is 121 cm³/mol. The molecule has 0 bridgehead atoms. The Morgan fingerprint density at radius 3 is 2.38 bits per heavy atom. The van der Waals surface area contributed by atoms with Crippen molar-refractivity contribution in [3.05, 3.63) is 53.1 Å². The summed E-state index contributed by atoms with van der Waals surface area (Å²) in [4.78, 5) is 16.0. The van der Waals surface area contributed by atoms with Crippen molar-refractivity contribution < 1.29 is 9.90 Å². The van der Waals surface area contributed by atoms with Gasteiger partial charge in [-0.1, -0.05) is 44.9 Å². The van der Waals surface area contributed by atoms with E-state index in [0.29, 0.717) is 11.0 Å². The third-order valence-electron chi connectivity index (χ3n) is 6.42. The van der Waals surface area contributed by atoms with Gasteiger partial charge in [0, 0.05) is 38.4 Å². The third-order valence-corrected chi connectivity index (χ3v) is 6.42. The maximum absolute atomic E-state index is 11.1. The summed E-state index contributed by atoms with van der Waals surface area (Å²) in [6.07, 6.45) is 5.89. The maximum Gasteiger partial charge on any atom is 0.335 e. The summed E-state index contributed by atoms with van der Waals surface area (Å²) in [6, 6.07) is 7.26. The van der Waals surface area contributed by atoms with E-state index in [1.165, 1.54) is 31.3 Å². The topological polar surface area (TPSA) is 43.8 Å².